The summed E-state index contributed by atoms with van der Waals surface area (Å²) >= 11 is 4.82. The van der Waals surface area contributed by atoms with Crippen LogP contribution in [0.25, 0.3) is 0 Å². The Bertz CT molecular complexity index is 415. The average Bonchev–Trinajstić information content (AvgIpc) is 2.63. The topological polar surface area (TPSA) is 77.0 Å². The van der Waals surface area contributed by atoms with Crippen molar-refractivity contribution >= 4 is 23.1 Å². The Hall–Kier alpha value is -1.50. The molecule has 0 atom stereocenters. The maximum atomic E-state index is 12.1. The van der Waals surface area contributed by atoms with Gasteiger partial charge in [0.25, 0.3) is 5.91 Å². The highest BCUT2D eigenvalue weighted by Gasteiger charge is 2.21. The number of carbonyl (C=O) groups is 1. The van der Waals surface area contributed by atoms with E-state index in [9.17, 15) is 4.79 Å². The molecule has 0 saturated carbocycles. The van der Waals surface area contributed by atoms with Crippen molar-refractivity contribution in [2.75, 3.05) is 6.54 Å². The van der Waals surface area contributed by atoms with Gasteiger partial charge in [-0.05, 0) is 13.8 Å². The molecule has 0 aliphatic heterocycles. The maximum Gasteiger partial charge on any atom is 0.276 e. The summed E-state index contributed by atoms with van der Waals surface area (Å²) < 4.78 is 0. The Morgan fingerprint density at radius 2 is 2.29 bits per heavy atom. The molecule has 94 valence electrons. The lowest BCUT2D eigenvalue weighted by Crippen LogP contribution is -2.39. The third kappa shape index (κ3) is 3.77. The van der Waals surface area contributed by atoms with Crippen LogP contribution < -0.4 is 5.73 Å². The first-order valence-corrected chi connectivity index (χ1v) is 5.78. The second-order valence-electron chi connectivity index (χ2n) is 4.03. The highest BCUT2D eigenvalue weighted by molar-refractivity contribution is 7.80. The van der Waals surface area contributed by atoms with E-state index in [0.29, 0.717) is 23.6 Å². The van der Waals surface area contributed by atoms with E-state index in [1.165, 1.54) is 11.0 Å². The summed E-state index contributed by atoms with van der Waals surface area (Å²) in [5.41, 5.74) is 5.78. The molecule has 1 rings (SSSR count). The van der Waals surface area contributed by atoms with Gasteiger partial charge in [0.15, 0.2) is 5.69 Å². The Morgan fingerprint density at radius 3 is 2.71 bits per heavy atom. The summed E-state index contributed by atoms with van der Waals surface area (Å²) in [7, 11) is 1.67. The Kier molecular flexibility index (Phi) is 4.56. The summed E-state index contributed by atoms with van der Waals surface area (Å²) in [5.74, 6) is -0.149. The molecule has 0 bridgehead atoms. The van der Waals surface area contributed by atoms with E-state index in [-0.39, 0.29) is 11.9 Å². The first-order valence-electron chi connectivity index (χ1n) is 5.37. The Balaban J connectivity index is 2.77. The van der Waals surface area contributed by atoms with Crippen molar-refractivity contribution in [3.05, 3.63) is 11.9 Å². The normalized spacial score (nSPS) is 10.6. The monoisotopic (exact) mass is 255 g/mol. The van der Waals surface area contributed by atoms with E-state index >= 15 is 0 Å². The van der Waals surface area contributed by atoms with E-state index in [1.807, 2.05) is 13.8 Å². The molecule has 0 aliphatic rings. The fraction of sp³-hybridized carbons (Fsp3) is 0.600. The van der Waals surface area contributed by atoms with Gasteiger partial charge < -0.3 is 10.6 Å². The van der Waals surface area contributed by atoms with Crippen LogP contribution >= 0.6 is 12.2 Å². The van der Waals surface area contributed by atoms with Crippen LogP contribution in [0.4, 0.5) is 0 Å². The fourth-order valence-corrected chi connectivity index (χ4v) is 1.51. The predicted octanol–water partition coefficient (Wildman–Crippen LogP) is 0.342. The minimum atomic E-state index is -0.149. The van der Waals surface area contributed by atoms with E-state index in [0.717, 1.165) is 0 Å². The number of hydrogen-bond donors (Lipinski definition) is 1. The third-order valence-electron chi connectivity index (χ3n) is 2.30. The second-order valence-corrected chi connectivity index (χ2v) is 4.55. The summed E-state index contributed by atoms with van der Waals surface area (Å²) in [6, 6.07) is 0.0684. The average molecular weight is 255 g/mol. The smallest absolute Gasteiger partial charge is 0.276 e. The van der Waals surface area contributed by atoms with Crippen LogP contribution in [0, 0.1) is 0 Å². The Morgan fingerprint density at radius 1 is 1.65 bits per heavy atom. The first kappa shape index (κ1) is 13.6. The van der Waals surface area contributed by atoms with Crippen LogP contribution in [-0.4, -0.2) is 43.4 Å². The standard InChI is InChI=1S/C10H17N5OS/c1-7(2)15(5-4-9(11)17)10(16)8-6-12-14(3)13-8/h6-7H,4-5H2,1-3H3,(H2,11,17). The predicted molar refractivity (Wildman–Crippen MR) is 68.6 cm³/mol. The van der Waals surface area contributed by atoms with Gasteiger partial charge >= 0.3 is 0 Å². The van der Waals surface area contributed by atoms with E-state index in [2.05, 4.69) is 10.2 Å². The maximum absolute atomic E-state index is 12.1. The van der Waals surface area contributed by atoms with Crippen LogP contribution in [-0.2, 0) is 7.05 Å². The molecule has 0 spiro atoms. The molecule has 0 fully saturated rings. The number of aromatic nitrogens is 3. The summed E-state index contributed by atoms with van der Waals surface area (Å²) in [4.78, 5) is 15.6. The van der Waals surface area contributed by atoms with Crippen molar-refractivity contribution in [2.24, 2.45) is 12.8 Å². The molecule has 0 aliphatic carbocycles. The van der Waals surface area contributed by atoms with Gasteiger partial charge in [-0.1, -0.05) is 12.2 Å². The molecule has 0 saturated heterocycles. The third-order valence-corrected chi connectivity index (χ3v) is 2.51. The SMILES string of the molecule is CC(C)N(CCC(N)=S)C(=O)c1cnn(C)n1. The molecular formula is C10H17N5OS. The highest BCUT2D eigenvalue weighted by atomic mass is 32.1. The quantitative estimate of drug-likeness (QED) is 0.768. The number of thiocarbonyl (C=S) groups is 1. The molecular weight excluding hydrogens is 238 g/mol. The van der Waals surface area contributed by atoms with Gasteiger partial charge in [-0.25, -0.2) is 0 Å². The molecule has 7 heteroatoms. The van der Waals surface area contributed by atoms with Crippen molar-refractivity contribution in [1.29, 1.82) is 0 Å². The molecule has 6 nitrogen and oxygen atoms in total. The number of rotatable bonds is 5. The van der Waals surface area contributed by atoms with Crippen LogP contribution in [0.5, 0.6) is 0 Å². The zero-order chi connectivity index (χ0) is 13.0. The van der Waals surface area contributed by atoms with Crippen molar-refractivity contribution in [2.45, 2.75) is 26.3 Å². The van der Waals surface area contributed by atoms with Gasteiger partial charge in [-0.3, -0.25) is 4.79 Å². The van der Waals surface area contributed by atoms with Crippen molar-refractivity contribution in [1.82, 2.24) is 19.9 Å². The molecule has 1 amide bonds. The highest BCUT2D eigenvalue weighted by Crippen LogP contribution is 2.06. The largest absolute Gasteiger partial charge is 0.393 e. The van der Waals surface area contributed by atoms with Gasteiger partial charge in [0.2, 0.25) is 0 Å². The Labute approximate surface area is 106 Å². The molecule has 0 aromatic carbocycles. The number of carbonyl (C=O) groups excluding carboxylic acids is 1. The minimum Gasteiger partial charge on any atom is -0.393 e. The number of hydrogen-bond acceptors (Lipinski definition) is 4. The van der Waals surface area contributed by atoms with Crippen LogP contribution in [0.1, 0.15) is 30.8 Å². The molecule has 0 radical (unpaired) electrons. The number of nitrogens with zero attached hydrogens (tertiary/aromatic N) is 4. The van der Waals surface area contributed by atoms with E-state index < -0.39 is 0 Å². The van der Waals surface area contributed by atoms with Crippen LogP contribution in [0.2, 0.25) is 0 Å². The number of amides is 1. The van der Waals surface area contributed by atoms with Crippen LogP contribution in [0.3, 0.4) is 0 Å². The molecule has 1 aromatic heterocycles. The minimum absolute atomic E-state index is 0.0684. The lowest BCUT2D eigenvalue weighted by atomic mass is 10.2. The number of aryl methyl sites for hydroxylation is 1. The van der Waals surface area contributed by atoms with E-state index in [4.69, 9.17) is 18.0 Å². The van der Waals surface area contributed by atoms with Gasteiger partial charge in [-0.15, -0.1) is 5.10 Å². The van der Waals surface area contributed by atoms with Gasteiger partial charge in [0.1, 0.15) is 0 Å². The van der Waals surface area contributed by atoms with Crippen LogP contribution in [0.15, 0.2) is 6.20 Å². The molecule has 1 aromatic rings. The van der Waals surface area contributed by atoms with Crippen molar-refractivity contribution in [3.63, 3.8) is 0 Å². The lowest BCUT2D eigenvalue weighted by Gasteiger charge is -2.25. The summed E-state index contributed by atoms with van der Waals surface area (Å²) in [5, 5.41) is 7.87. The van der Waals surface area contributed by atoms with Gasteiger partial charge in [-0.2, -0.15) is 9.90 Å². The zero-order valence-electron chi connectivity index (χ0n) is 10.3. The summed E-state index contributed by atoms with van der Waals surface area (Å²) in [6.07, 6.45) is 1.97. The van der Waals surface area contributed by atoms with Crippen molar-refractivity contribution in [3.8, 4) is 0 Å². The zero-order valence-corrected chi connectivity index (χ0v) is 11.1. The summed E-state index contributed by atoms with van der Waals surface area (Å²) in [6.45, 7) is 4.38. The molecule has 1 heterocycles. The second kappa shape index (κ2) is 5.72. The van der Waals surface area contributed by atoms with Crippen molar-refractivity contribution < 1.29 is 4.79 Å². The number of nitrogens with two attached hydrogens (primary N) is 1. The van der Waals surface area contributed by atoms with Gasteiger partial charge in [0, 0.05) is 26.1 Å². The molecule has 17 heavy (non-hydrogen) atoms. The first-order chi connectivity index (χ1) is 7.91. The van der Waals surface area contributed by atoms with E-state index in [1.54, 1.807) is 11.9 Å². The molecule has 0 unspecified atom stereocenters. The molecule has 2 N–H and O–H groups in total. The fourth-order valence-electron chi connectivity index (χ4n) is 1.42. The lowest BCUT2D eigenvalue weighted by molar-refractivity contribution is 0.0705. The van der Waals surface area contributed by atoms with Gasteiger partial charge in [0.05, 0.1) is 11.2 Å².